The van der Waals surface area contributed by atoms with Crippen LogP contribution in [0.25, 0.3) is 0 Å². The normalized spacial score (nSPS) is 15.8. The lowest BCUT2D eigenvalue weighted by Gasteiger charge is -2.25. The molecule has 1 unspecified atom stereocenters. The Morgan fingerprint density at radius 2 is 1.71 bits per heavy atom. The van der Waals surface area contributed by atoms with Gasteiger partial charge in [-0.05, 0) is 33.2 Å². The Morgan fingerprint density at radius 1 is 1.00 bits per heavy atom. The average Bonchev–Trinajstić information content (AvgIpc) is 2.93. The van der Waals surface area contributed by atoms with Crippen molar-refractivity contribution >= 4 is 0 Å². The minimum absolute atomic E-state index is 0.0113. The topological polar surface area (TPSA) is 29.5 Å². The van der Waals surface area contributed by atoms with Crippen LogP contribution in [-0.4, -0.2) is 5.11 Å². The van der Waals surface area contributed by atoms with Crippen molar-refractivity contribution in [3.8, 4) is 0 Å². The highest BCUT2D eigenvalue weighted by Crippen LogP contribution is 2.34. The lowest BCUT2D eigenvalue weighted by Crippen LogP contribution is -2.16. The molecule has 1 aliphatic rings. The predicted octanol–water partition coefficient (Wildman–Crippen LogP) is 4.10. The molecule has 0 aromatic heterocycles. The molecular formula is C19H22O2. The van der Waals surface area contributed by atoms with Gasteiger partial charge in [0.1, 0.15) is 6.10 Å². The lowest BCUT2D eigenvalue weighted by atomic mass is 9.81. The van der Waals surface area contributed by atoms with Crippen LogP contribution in [0.4, 0.5) is 0 Å². The van der Waals surface area contributed by atoms with Crippen molar-refractivity contribution < 1.29 is 9.84 Å². The molecule has 1 N–H and O–H groups in total. The summed E-state index contributed by atoms with van der Waals surface area (Å²) in [6.45, 7) is 7.86. The van der Waals surface area contributed by atoms with Crippen molar-refractivity contribution in [1.29, 1.82) is 0 Å². The fourth-order valence-corrected chi connectivity index (χ4v) is 2.96. The van der Waals surface area contributed by atoms with Crippen LogP contribution in [0.3, 0.4) is 0 Å². The number of benzene rings is 2. The van der Waals surface area contributed by atoms with E-state index in [-0.39, 0.29) is 5.41 Å². The Morgan fingerprint density at radius 3 is 2.48 bits per heavy atom. The van der Waals surface area contributed by atoms with Crippen LogP contribution >= 0.6 is 0 Å². The van der Waals surface area contributed by atoms with Gasteiger partial charge in [-0.2, -0.15) is 0 Å². The second-order valence-electron chi connectivity index (χ2n) is 6.76. The summed E-state index contributed by atoms with van der Waals surface area (Å²) < 4.78 is 5.45. The maximum atomic E-state index is 10.8. The summed E-state index contributed by atoms with van der Waals surface area (Å²) in [6, 6.07) is 14.3. The van der Waals surface area contributed by atoms with Crippen molar-refractivity contribution in [1.82, 2.24) is 0 Å². The lowest BCUT2D eigenvalue weighted by molar-refractivity contribution is 0.134. The van der Waals surface area contributed by atoms with E-state index in [1.165, 1.54) is 16.7 Å². The molecule has 1 aliphatic heterocycles. The third-order valence-corrected chi connectivity index (χ3v) is 4.12. The Hall–Kier alpha value is -1.64. The largest absolute Gasteiger partial charge is 0.384 e. The summed E-state index contributed by atoms with van der Waals surface area (Å²) in [6.07, 6.45) is -0.591. The third-order valence-electron chi connectivity index (χ3n) is 4.12. The molecule has 1 heterocycles. The zero-order valence-corrected chi connectivity index (χ0v) is 12.9. The highest BCUT2D eigenvalue weighted by atomic mass is 16.5. The number of aliphatic hydroxyl groups excluding tert-OH is 1. The van der Waals surface area contributed by atoms with E-state index in [2.05, 4.69) is 39.0 Å². The van der Waals surface area contributed by atoms with Gasteiger partial charge in [0.25, 0.3) is 0 Å². The van der Waals surface area contributed by atoms with Gasteiger partial charge in [-0.15, -0.1) is 0 Å². The Kier molecular flexibility index (Phi) is 3.60. The van der Waals surface area contributed by atoms with Crippen LogP contribution in [0.5, 0.6) is 0 Å². The van der Waals surface area contributed by atoms with Gasteiger partial charge in [0.2, 0.25) is 0 Å². The van der Waals surface area contributed by atoms with Crippen molar-refractivity contribution in [3.63, 3.8) is 0 Å². The van der Waals surface area contributed by atoms with E-state index in [0.717, 1.165) is 11.1 Å². The molecule has 0 saturated carbocycles. The molecule has 2 aromatic carbocycles. The molecule has 0 spiro atoms. The maximum absolute atomic E-state index is 10.8. The van der Waals surface area contributed by atoms with E-state index in [1.807, 2.05) is 24.3 Å². The van der Waals surface area contributed by atoms with Gasteiger partial charge in [-0.25, -0.2) is 0 Å². The third kappa shape index (κ3) is 2.74. The van der Waals surface area contributed by atoms with Gasteiger partial charge in [0, 0.05) is 0 Å². The summed E-state index contributed by atoms with van der Waals surface area (Å²) in [4.78, 5) is 0. The van der Waals surface area contributed by atoms with Crippen molar-refractivity contribution in [2.45, 2.75) is 45.5 Å². The standard InChI is InChI=1S/C19H22O2/c1-19(2,3)17-7-5-4-6-16(17)18(20)13-8-9-14-11-21-12-15(14)10-13/h4-10,18,20H,11-12H2,1-3H3. The van der Waals surface area contributed by atoms with Crippen LogP contribution in [-0.2, 0) is 23.4 Å². The zero-order chi connectivity index (χ0) is 15.0. The molecule has 3 rings (SSSR count). The summed E-state index contributed by atoms with van der Waals surface area (Å²) in [5.74, 6) is 0. The van der Waals surface area contributed by atoms with E-state index in [1.54, 1.807) is 0 Å². The van der Waals surface area contributed by atoms with Crippen molar-refractivity contribution in [2.75, 3.05) is 0 Å². The van der Waals surface area contributed by atoms with Gasteiger partial charge >= 0.3 is 0 Å². The summed E-state index contributed by atoms with van der Waals surface area (Å²) >= 11 is 0. The van der Waals surface area contributed by atoms with Crippen LogP contribution in [0.15, 0.2) is 42.5 Å². The SMILES string of the molecule is CC(C)(C)c1ccccc1C(O)c1ccc2c(c1)COC2. The number of hydrogen-bond acceptors (Lipinski definition) is 2. The summed E-state index contributed by atoms with van der Waals surface area (Å²) in [5.41, 5.74) is 5.56. The second-order valence-corrected chi connectivity index (χ2v) is 6.76. The first-order valence-corrected chi connectivity index (χ1v) is 7.44. The average molecular weight is 282 g/mol. The maximum Gasteiger partial charge on any atom is 0.104 e. The first-order valence-electron chi connectivity index (χ1n) is 7.44. The molecule has 2 nitrogen and oxygen atoms in total. The van der Waals surface area contributed by atoms with E-state index >= 15 is 0 Å². The number of rotatable bonds is 2. The molecule has 1 atom stereocenters. The minimum atomic E-state index is -0.591. The van der Waals surface area contributed by atoms with Crippen LogP contribution in [0.1, 0.15) is 54.7 Å². The van der Waals surface area contributed by atoms with Gasteiger partial charge in [-0.3, -0.25) is 0 Å². The van der Waals surface area contributed by atoms with Gasteiger partial charge in [0.15, 0.2) is 0 Å². The Labute approximate surface area is 126 Å². The van der Waals surface area contributed by atoms with Crippen molar-refractivity contribution in [3.05, 3.63) is 70.3 Å². The highest BCUT2D eigenvalue weighted by molar-refractivity contribution is 5.42. The second kappa shape index (κ2) is 5.28. The van der Waals surface area contributed by atoms with Gasteiger partial charge in [0.05, 0.1) is 13.2 Å². The van der Waals surface area contributed by atoms with E-state index < -0.39 is 6.10 Å². The smallest absolute Gasteiger partial charge is 0.104 e. The predicted molar refractivity (Wildman–Crippen MR) is 84.1 cm³/mol. The van der Waals surface area contributed by atoms with Crippen LogP contribution < -0.4 is 0 Å². The highest BCUT2D eigenvalue weighted by Gasteiger charge is 2.23. The Balaban J connectivity index is 2.01. The molecule has 0 fully saturated rings. The molecular weight excluding hydrogens is 260 g/mol. The number of hydrogen-bond donors (Lipinski definition) is 1. The Bertz CT molecular complexity index is 653. The molecule has 0 saturated heterocycles. The fraction of sp³-hybridized carbons (Fsp3) is 0.368. The van der Waals surface area contributed by atoms with Gasteiger partial charge < -0.3 is 9.84 Å². The number of ether oxygens (including phenoxy) is 1. The number of aliphatic hydroxyl groups is 1. The molecule has 2 heteroatoms. The molecule has 2 aromatic rings. The monoisotopic (exact) mass is 282 g/mol. The molecule has 21 heavy (non-hydrogen) atoms. The first-order chi connectivity index (χ1) is 9.97. The van der Waals surface area contributed by atoms with E-state index in [4.69, 9.17) is 4.74 Å². The molecule has 110 valence electrons. The van der Waals surface area contributed by atoms with E-state index in [9.17, 15) is 5.11 Å². The molecule has 0 bridgehead atoms. The summed E-state index contributed by atoms with van der Waals surface area (Å²) in [7, 11) is 0. The van der Waals surface area contributed by atoms with Crippen molar-refractivity contribution in [2.24, 2.45) is 0 Å². The zero-order valence-electron chi connectivity index (χ0n) is 12.9. The van der Waals surface area contributed by atoms with Crippen LogP contribution in [0.2, 0.25) is 0 Å². The quantitative estimate of drug-likeness (QED) is 0.898. The van der Waals surface area contributed by atoms with E-state index in [0.29, 0.717) is 13.2 Å². The number of fused-ring (bicyclic) bond motifs is 1. The fourth-order valence-electron chi connectivity index (χ4n) is 2.96. The van der Waals surface area contributed by atoms with Gasteiger partial charge in [-0.1, -0.05) is 63.2 Å². The molecule has 0 radical (unpaired) electrons. The summed E-state index contributed by atoms with van der Waals surface area (Å²) in [5, 5.41) is 10.8. The molecule has 0 amide bonds. The van der Waals surface area contributed by atoms with Crippen LogP contribution in [0, 0.1) is 0 Å². The first kappa shape index (κ1) is 14.3. The molecule has 0 aliphatic carbocycles. The minimum Gasteiger partial charge on any atom is -0.384 e.